The fourth-order valence-electron chi connectivity index (χ4n) is 4.44. The molecule has 1 fully saturated rings. The number of hydrogen-bond donors (Lipinski definition) is 3. The van der Waals surface area contributed by atoms with Crippen LogP contribution in [0.1, 0.15) is 50.8 Å². The Kier molecular flexibility index (Phi) is 8.31. The predicted octanol–water partition coefficient (Wildman–Crippen LogP) is 5.64. The zero-order chi connectivity index (χ0) is 27.4. The monoisotopic (exact) mass is 533 g/mol. The number of fused-ring (bicyclic) bond motifs is 1. The van der Waals surface area contributed by atoms with E-state index in [4.69, 9.17) is 4.74 Å². The van der Waals surface area contributed by atoms with Crippen LogP contribution in [-0.4, -0.2) is 46.2 Å². The van der Waals surface area contributed by atoms with E-state index in [1.54, 1.807) is 25.7 Å². The number of rotatable bonds is 8. The third-order valence-corrected chi connectivity index (χ3v) is 6.63. The molecule has 38 heavy (non-hydrogen) atoms. The van der Waals surface area contributed by atoms with Crippen LogP contribution in [0.5, 0.6) is 0 Å². The Hall–Kier alpha value is -3.52. The van der Waals surface area contributed by atoms with Gasteiger partial charge in [-0.05, 0) is 69.0 Å². The highest BCUT2D eigenvalue weighted by Gasteiger charge is 2.44. The molecule has 4 rings (SSSR count). The van der Waals surface area contributed by atoms with Gasteiger partial charge in [-0.3, -0.25) is 9.59 Å². The molecule has 7 nitrogen and oxygen atoms in total. The summed E-state index contributed by atoms with van der Waals surface area (Å²) in [5.41, 5.74) is 1.62. The first-order valence-electron chi connectivity index (χ1n) is 12.8. The molecule has 2 N–H and O–H groups in total. The lowest BCUT2D eigenvalue weighted by Crippen LogP contribution is -2.54. The summed E-state index contributed by atoms with van der Waals surface area (Å²) < 4.78 is 5.36. The summed E-state index contributed by atoms with van der Waals surface area (Å²) in [4.78, 5) is 41.9. The van der Waals surface area contributed by atoms with E-state index in [0.717, 1.165) is 29.2 Å². The Morgan fingerprint density at radius 3 is 2.34 bits per heavy atom. The van der Waals surface area contributed by atoms with Crippen molar-refractivity contribution in [2.24, 2.45) is 0 Å². The lowest BCUT2D eigenvalue weighted by atomic mass is 10.0. The molecule has 0 saturated heterocycles. The van der Waals surface area contributed by atoms with Crippen molar-refractivity contribution < 1.29 is 19.1 Å². The molecule has 1 aliphatic rings. The smallest absolute Gasteiger partial charge is 0.408 e. The summed E-state index contributed by atoms with van der Waals surface area (Å²) in [5, 5.41) is 7.76. The van der Waals surface area contributed by atoms with Crippen LogP contribution in [0.2, 0.25) is 0 Å². The number of nitrogens with zero attached hydrogens (tertiary/aromatic N) is 1. The van der Waals surface area contributed by atoms with Gasteiger partial charge in [0.15, 0.2) is 0 Å². The molecular formula is C30H35N3O4S. The topological polar surface area (TPSA) is 87.7 Å². The standard InChI is InChI=1S/C30H35N3O4S/c1-19-8-7-11-22(16-19)26(27(34)31-23-13-12-20-9-5-6-10-21(20)17-23)33(24-14-15-24)28(35)25(18-38)32-29(36)37-30(2,3)4/h5-13,16-17,24-26,38H,14-15,18H2,1-4H3,(H,31,34)(H,32,36). The second kappa shape index (κ2) is 11.5. The second-order valence-electron chi connectivity index (χ2n) is 10.7. The van der Waals surface area contributed by atoms with E-state index >= 15 is 0 Å². The second-order valence-corrected chi connectivity index (χ2v) is 11.1. The number of carbonyl (C=O) groups excluding carboxylic acids is 3. The van der Waals surface area contributed by atoms with Crippen molar-refractivity contribution in [1.29, 1.82) is 0 Å². The summed E-state index contributed by atoms with van der Waals surface area (Å²) in [5.74, 6) is -0.622. The zero-order valence-corrected chi connectivity index (χ0v) is 23.1. The molecular weight excluding hydrogens is 498 g/mol. The van der Waals surface area contributed by atoms with Crippen molar-refractivity contribution in [3.63, 3.8) is 0 Å². The third kappa shape index (κ3) is 6.86. The van der Waals surface area contributed by atoms with E-state index in [-0.39, 0.29) is 23.6 Å². The number of ether oxygens (including phenoxy) is 1. The van der Waals surface area contributed by atoms with Gasteiger partial charge in [-0.25, -0.2) is 4.79 Å². The molecule has 200 valence electrons. The van der Waals surface area contributed by atoms with Gasteiger partial charge in [0.2, 0.25) is 5.91 Å². The lowest BCUT2D eigenvalue weighted by Gasteiger charge is -2.34. The summed E-state index contributed by atoms with van der Waals surface area (Å²) >= 11 is 4.34. The van der Waals surface area contributed by atoms with Crippen LogP contribution in [0.15, 0.2) is 66.7 Å². The fourth-order valence-corrected chi connectivity index (χ4v) is 4.69. The Bertz CT molecular complexity index is 1330. The molecule has 1 aliphatic carbocycles. The van der Waals surface area contributed by atoms with Crippen LogP contribution in [-0.2, 0) is 14.3 Å². The highest BCUT2D eigenvalue weighted by molar-refractivity contribution is 7.80. The summed E-state index contributed by atoms with van der Waals surface area (Å²) in [6.07, 6.45) is 0.861. The van der Waals surface area contributed by atoms with E-state index in [1.165, 1.54) is 0 Å². The number of nitrogens with one attached hydrogen (secondary N) is 2. The number of carbonyl (C=O) groups is 3. The molecule has 3 amide bonds. The van der Waals surface area contributed by atoms with Gasteiger partial charge < -0.3 is 20.3 Å². The first-order chi connectivity index (χ1) is 18.1. The number of hydrogen-bond acceptors (Lipinski definition) is 5. The van der Waals surface area contributed by atoms with Crippen LogP contribution in [0.4, 0.5) is 10.5 Å². The molecule has 0 radical (unpaired) electrons. The Balaban J connectivity index is 1.66. The van der Waals surface area contributed by atoms with Gasteiger partial charge in [0, 0.05) is 17.5 Å². The lowest BCUT2D eigenvalue weighted by molar-refractivity contribution is -0.141. The van der Waals surface area contributed by atoms with Gasteiger partial charge >= 0.3 is 6.09 Å². The Morgan fingerprint density at radius 1 is 1.00 bits per heavy atom. The summed E-state index contributed by atoms with van der Waals surface area (Å²) in [7, 11) is 0. The third-order valence-electron chi connectivity index (χ3n) is 6.27. The molecule has 2 atom stereocenters. The first-order valence-corrected chi connectivity index (χ1v) is 13.5. The predicted molar refractivity (Wildman–Crippen MR) is 153 cm³/mol. The minimum absolute atomic E-state index is 0.0636. The van der Waals surface area contributed by atoms with Crippen molar-refractivity contribution >= 4 is 47.0 Å². The first kappa shape index (κ1) is 27.5. The van der Waals surface area contributed by atoms with E-state index in [9.17, 15) is 14.4 Å². The van der Waals surface area contributed by atoms with Crippen molar-refractivity contribution in [1.82, 2.24) is 10.2 Å². The average Bonchev–Trinajstić information content (AvgIpc) is 3.69. The number of alkyl carbamates (subject to hydrolysis) is 1. The van der Waals surface area contributed by atoms with Gasteiger partial charge in [0.25, 0.3) is 5.91 Å². The van der Waals surface area contributed by atoms with E-state index < -0.39 is 23.8 Å². The highest BCUT2D eigenvalue weighted by Crippen LogP contribution is 2.36. The van der Waals surface area contributed by atoms with Gasteiger partial charge in [-0.2, -0.15) is 12.6 Å². The number of aryl methyl sites for hydroxylation is 1. The molecule has 8 heteroatoms. The van der Waals surface area contributed by atoms with Crippen LogP contribution in [0, 0.1) is 6.92 Å². The van der Waals surface area contributed by atoms with Crippen molar-refractivity contribution in [2.45, 2.75) is 64.3 Å². The molecule has 3 aromatic carbocycles. The van der Waals surface area contributed by atoms with Crippen molar-refractivity contribution in [3.8, 4) is 0 Å². The van der Waals surface area contributed by atoms with Gasteiger partial charge in [0.05, 0.1) is 0 Å². The molecule has 0 bridgehead atoms. The minimum Gasteiger partial charge on any atom is -0.444 e. The van der Waals surface area contributed by atoms with Crippen LogP contribution in [0.3, 0.4) is 0 Å². The van der Waals surface area contributed by atoms with Gasteiger partial charge in [-0.1, -0.05) is 60.2 Å². The molecule has 3 aromatic rings. The quantitative estimate of drug-likeness (QED) is 0.327. The summed E-state index contributed by atoms with van der Waals surface area (Å²) in [6.45, 7) is 7.22. The highest BCUT2D eigenvalue weighted by atomic mass is 32.1. The maximum Gasteiger partial charge on any atom is 0.408 e. The van der Waals surface area contributed by atoms with Crippen molar-refractivity contribution in [3.05, 3.63) is 77.9 Å². The minimum atomic E-state index is -0.949. The average molecular weight is 534 g/mol. The van der Waals surface area contributed by atoms with Gasteiger partial charge in [-0.15, -0.1) is 0 Å². The summed E-state index contributed by atoms with van der Waals surface area (Å²) in [6, 6.07) is 19.3. The van der Waals surface area contributed by atoms with Crippen molar-refractivity contribution in [2.75, 3.05) is 11.1 Å². The number of thiol groups is 1. The SMILES string of the molecule is Cc1cccc(C(C(=O)Nc2ccc3ccccc3c2)N(C(=O)C(CS)NC(=O)OC(C)(C)C)C2CC2)c1. The van der Waals surface area contributed by atoms with Gasteiger partial charge in [0.1, 0.15) is 17.7 Å². The molecule has 0 heterocycles. The van der Waals surface area contributed by atoms with Crippen LogP contribution >= 0.6 is 12.6 Å². The molecule has 2 unspecified atom stereocenters. The van der Waals surface area contributed by atoms with Crippen LogP contribution < -0.4 is 10.6 Å². The van der Waals surface area contributed by atoms with E-state index in [2.05, 4.69) is 23.3 Å². The molecule has 0 aromatic heterocycles. The maximum absolute atomic E-state index is 13.9. The Morgan fingerprint density at radius 2 is 1.71 bits per heavy atom. The van der Waals surface area contributed by atoms with E-state index in [1.807, 2.05) is 73.7 Å². The number of amides is 3. The Labute approximate surface area is 229 Å². The largest absolute Gasteiger partial charge is 0.444 e. The fraction of sp³-hybridized carbons (Fsp3) is 0.367. The maximum atomic E-state index is 13.9. The number of anilines is 1. The molecule has 0 spiro atoms. The normalized spacial score (nSPS) is 14.9. The zero-order valence-electron chi connectivity index (χ0n) is 22.2. The molecule has 0 aliphatic heterocycles. The van der Waals surface area contributed by atoms with Crippen LogP contribution in [0.25, 0.3) is 10.8 Å². The number of benzene rings is 3. The molecule has 1 saturated carbocycles. The van der Waals surface area contributed by atoms with E-state index in [0.29, 0.717) is 11.3 Å².